The fourth-order valence-corrected chi connectivity index (χ4v) is 0.249. The van der Waals surface area contributed by atoms with E-state index in [1.807, 2.05) is 0 Å². The fraction of sp³-hybridized carbons (Fsp3) is 0.600. The normalized spacial score (nSPS) is 12.9. The third-order valence-corrected chi connectivity index (χ3v) is 0.821. The summed E-state index contributed by atoms with van der Waals surface area (Å²) in [4.78, 5) is 0. The van der Waals surface area contributed by atoms with E-state index in [2.05, 4.69) is 0 Å². The van der Waals surface area contributed by atoms with Gasteiger partial charge in [0.25, 0.3) is 0 Å². The molecule has 0 aliphatic heterocycles. The molecular weight excluding hydrogens is 108 g/mol. The number of rotatable bonds is 2. The first-order valence-corrected chi connectivity index (χ1v) is 2.32. The molecule has 48 valence electrons. The fourth-order valence-electron chi connectivity index (χ4n) is 0.249. The lowest BCUT2D eigenvalue weighted by atomic mass is 10.3. The van der Waals surface area contributed by atoms with Gasteiger partial charge in [0.15, 0.2) is 6.29 Å². The van der Waals surface area contributed by atoms with Crippen LogP contribution in [0.4, 0.5) is 0 Å². The molecule has 0 aromatic rings. The monoisotopic (exact) mass is 118 g/mol. The van der Waals surface area contributed by atoms with E-state index in [0.717, 1.165) is 0 Å². The predicted molar refractivity (Wildman–Crippen MR) is 29.1 cm³/mol. The molecule has 0 spiro atoms. The maximum Gasteiger partial charge on any atom is 0.174 e. The van der Waals surface area contributed by atoms with Crippen LogP contribution in [-0.4, -0.2) is 28.2 Å². The Kier molecular flexibility index (Phi) is 3.43. The lowest BCUT2D eigenvalue weighted by Crippen LogP contribution is -2.05. The molecule has 0 amide bonds. The predicted octanol–water partition coefficient (Wildman–Crippen LogP) is -0.764. The summed E-state index contributed by atoms with van der Waals surface area (Å²) >= 11 is 0. The molecule has 0 heterocycles. The van der Waals surface area contributed by atoms with E-state index < -0.39 is 6.29 Å². The summed E-state index contributed by atoms with van der Waals surface area (Å²) in [7, 11) is 0. The van der Waals surface area contributed by atoms with Crippen LogP contribution >= 0.6 is 0 Å². The van der Waals surface area contributed by atoms with Crippen LogP contribution in [0.3, 0.4) is 0 Å². The van der Waals surface area contributed by atoms with Crippen molar-refractivity contribution in [3.63, 3.8) is 0 Å². The molecule has 0 fully saturated rings. The molecule has 0 saturated heterocycles. The standard InChI is InChI=1S/C5H10O3/c1-4(2-3-6)5(7)8/h2,5-8H,3H2,1H3. The van der Waals surface area contributed by atoms with Gasteiger partial charge in [0.1, 0.15) is 0 Å². The third-order valence-electron chi connectivity index (χ3n) is 0.821. The molecule has 0 aromatic heterocycles. The summed E-state index contributed by atoms with van der Waals surface area (Å²) in [5.41, 5.74) is 0.368. The Bertz CT molecular complexity index is 85.7. The maximum absolute atomic E-state index is 8.33. The second kappa shape index (κ2) is 3.60. The summed E-state index contributed by atoms with van der Waals surface area (Å²) in [6.07, 6.45) is -0.0906. The Morgan fingerprint density at radius 1 is 1.62 bits per heavy atom. The largest absolute Gasteiger partial charge is 0.392 e. The number of aliphatic hydroxyl groups excluding tert-OH is 2. The van der Waals surface area contributed by atoms with Crippen molar-refractivity contribution in [1.82, 2.24) is 0 Å². The summed E-state index contributed by atoms with van der Waals surface area (Å²) in [6.45, 7) is 1.38. The van der Waals surface area contributed by atoms with Crippen molar-refractivity contribution < 1.29 is 15.3 Å². The lowest BCUT2D eigenvalue weighted by molar-refractivity contribution is -0.00815. The minimum atomic E-state index is -1.43. The van der Waals surface area contributed by atoms with Crippen molar-refractivity contribution in [3.05, 3.63) is 11.6 Å². The molecular formula is C5H10O3. The van der Waals surface area contributed by atoms with Gasteiger partial charge in [-0.2, -0.15) is 0 Å². The van der Waals surface area contributed by atoms with Crippen LogP contribution < -0.4 is 0 Å². The number of hydrogen-bond donors (Lipinski definition) is 3. The van der Waals surface area contributed by atoms with Gasteiger partial charge in [-0.15, -0.1) is 0 Å². The van der Waals surface area contributed by atoms with Crippen molar-refractivity contribution in [1.29, 1.82) is 0 Å². The highest BCUT2D eigenvalue weighted by molar-refractivity contribution is 4.99. The number of hydrogen-bond acceptors (Lipinski definition) is 3. The Hall–Kier alpha value is -0.380. The molecule has 0 rings (SSSR count). The first-order valence-electron chi connectivity index (χ1n) is 2.32. The summed E-state index contributed by atoms with van der Waals surface area (Å²) in [5.74, 6) is 0. The van der Waals surface area contributed by atoms with Gasteiger partial charge in [-0.3, -0.25) is 0 Å². The second-order valence-corrected chi connectivity index (χ2v) is 1.50. The van der Waals surface area contributed by atoms with Gasteiger partial charge in [0, 0.05) is 0 Å². The Morgan fingerprint density at radius 3 is 2.25 bits per heavy atom. The molecule has 0 aliphatic rings. The molecule has 0 atom stereocenters. The SMILES string of the molecule is CC(=CCO)C(O)O. The van der Waals surface area contributed by atoms with Crippen LogP contribution in [0.25, 0.3) is 0 Å². The minimum absolute atomic E-state index is 0.149. The average molecular weight is 118 g/mol. The van der Waals surface area contributed by atoms with Crippen molar-refractivity contribution >= 4 is 0 Å². The van der Waals surface area contributed by atoms with Gasteiger partial charge in [0.05, 0.1) is 6.61 Å². The molecule has 0 unspecified atom stereocenters. The maximum atomic E-state index is 8.33. The zero-order valence-electron chi connectivity index (χ0n) is 4.70. The molecule has 3 N–H and O–H groups in total. The molecule has 3 nitrogen and oxygen atoms in total. The van der Waals surface area contributed by atoms with Crippen molar-refractivity contribution in [2.75, 3.05) is 6.61 Å². The average Bonchev–Trinajstić information content (AvgIpc) is 1.67. The van der Waals surface area contributed by atoms with Gasteiger partial charge < -0.3 is 15.3 Å². The van der Waals surface area contributed by atoms with E-state index in [1.54, 1.807) is 0 Å². The molecule has 0 aliphatic carbocycles. The Morgan fingerprint density at radius 2 is 2.12 bits per heavy atom. The van der Waals surface area contributed by atoms with E-state index in [4.69, 9.17) is 15.3 Å². The second-order valence-electron chi connectivity index (χ2n) is 1.50. The van der Waals surface area contributed by atoms with Crippen molar-refractivity contribution in [2.45, 2.75) is 13.2 Å². The highest BCUT2D eigenvalue weighted by atomic mass is 16.5. The highest BCUT2D eigenvalue weighted by Gasteiger charge is 1.96. The van der Waals surface area contributed by atoms with Crippen LogP contribution in [0, 0.1) is 0 Å². The van der Waals surface area contributed by atoms with Gasteiger partial charge in [-0.1, -0.05) is 6.08 Å². The Labute approximate surface area is 47.9 Å². The van der Waals surface area contributed by atoms with Crippen LogP contribution in [0.15, 0.2) is 11.6 Å². The molecule has 0 aromatic carbocycles. The lowest BCUT2D eigenvalue weighted by Gasteiger charge is -1.99. The summed E-state index contributed by atoms with van der Waals surface area (Å²) < 4.78 is 0. The van der Waals surface area contributed by atoms with Crippen LogP contribution in [0.1, 0.15) is 6.92 Å². The van der Waals surface area contributed by atoms with Gasteiger partial charge in [0.2, 0.25) is 0 Å². The van der Waals surface area contributed by atoms with Gasteiger partial charge >= 0.3 is 0 Å². The van der Waals surface area contributed by atoms with Crippen LogP contribution in [0.5, 0.6) is 0 Å². The van der Waals surface area contributed by atoms with E-state index in [-0.39, 0.29) is 6.61 Å². The van der Waals surface area contributed by atoms with Crippen molar-refractivity contribution in [2.24, 2.45) is 0 Å². The number of aliphatic hydroxyl groups is 3. The van der Waals surface area contributed by atoms with Crippen LogP contribution in [0.2, 0.25) is 0 Å². The molecule has 0 saturated carbocycles. The molecule has 0 bridgehead atoms. The molecule has 3 heteroatoms. The zero-order chi connectivity index (χ0) is 6.57. The summed E-state index contributed by atoms with van der Waals surface area (Å²) in [6, 6.07) is 0. The highest BCUT2D eigenvalue weighted by Crippen LogP contribution is 1.94. The quantitative estimate of drug-likeness (QED) is 0.330. The zero-order valence-corrected chi connectivity index (χ0v) is 4.70. The van der Waals surface area contributed by atoms with E-state index in [9.17, 15) is 0 Å². The Balaban J connectivity index is 3.61. The van der Waals surface area contributed by atoms with Gasteiger partial charge in [-0.25, -0.2) is 0 Å². The molecule has 8 heavy (non-hydrogen) atoms. The minimum Gasteiger partial charge on any atom is -0.392 e. The van der Waals surface area contributed by atoms with E-state index in [0.29, 0.717) is 5.57 Å². The van der Waals surface area contributed by atoms with Crippen molar-refractivity contribution in [3.8, 4) is 0 Å². The topological polar surface area (TPSA) is 60.7 Å². The first kappa shape index (κ1) is 7.62. The van der Waals surface area contributed by atoms with E-state index >= 15 is 0 Å². The summed E-state index contributed by atoms with van der Waals surface area (Å²) in [5, 5.41) is 24.8. The van der Waals surface area contributed by atoms with Crippen LogP contribution in [-0.2, 0) is 0 Å². The smallest absolute Gasteiger partial charge is 0.174 e. The van der Waals surface area contributed by atoms with E-state index in [1.165, 1.54) is 13.0 Å². The first-order chi connectivity index (χ1) is 3.68. The third kappa shape index (κ3) is 2.74. The molecule has 0 radical (unpaired) electrons. The van der Waals surface area contributed by atoms with Gasteiger partial charge in [-0.05, 0) is 12.5 Å².